The number of halogens is 1. The zero-order valence-electron chi connectivity index (χ0n) is 16.8. The van der Waals surface area contributed by atoms with Crippen LogP contribution in [0.4, 0.5) is 4.39 Å². The molecule has 0 N–H and O–H groups in total. The Kier molecular flexibility index (Phi) is 6.11. The maximum atomic E-state index is 13.4. The van der Waals surface area contributed by atoms with Gasteiger partial charge in [0.05, 0.1) is 22.4 Å². The number of amidine groups is 1. The molecule has 1 aromatic carbocycles. The lowest BCUT2D eigenvalue weighted by Crippen LogP contribution is -2.28. The van der Waals surface area contributed by atoms with Crippen LogP contribution in [0.15, 0.2) is 57.0 Å². The minimum absolute atomic E-state index is 0.137. The number of thioether (sulfide) groups is 2. The standard InChI is InChI=1S/C21H18FN5O2S3/c22-14-7-5-13(6-8-14)16-11-15(17-3-2-10-30-17)24-27(16)19(29)12-31-21-25-26-9-1-4-18(28)23-20(26)32-21/h2-3,5-8,10,16H,1,4,9,11-12H2/t16-/m0/s1. The highest BCUT2D eigenvalue weighted by Crippen LogP contribution is 2.35. The normalized spacial score (nSPS) is 20.6. The van der Waals surface area contributed by atoms with Gasteiger partial charge in [0.2, 0.25) is 5.91 Å². The molecule has 2 aromatic rings. The summed E-state index contributed by atoms with van der Waals surface area (Å²) in [7, 11) is 0. The van der Waals surface area contributed by atoms with Crippen LogP contribution in [-0.4, -0.2) is 49.4 Å². The third-order valence-electron chi connectivity index (χ3n) is 5.13. The Balaban J connectivity index is 1.31. The highest BCUT2D eigenvalue weighted by atomic mass is 32.2. The van der Waals surface area contributed by atoms with Crippen LogP contribution in [-0.2, 0) is 9.59 Å². The van der Waals surface area contributed by atoms with Gasteiger partial charge in [0, 0.05) is 19.4 Å². The SMILES string of the molecule is O=C1CCCN2N=C(SCC(=O)N3N=C(c4cccs4)C[C@H]3c3ccc(F)cc3)SC2=N1. The number of nitrogens with zero attached hydrogens (tertiary/aromatic N) is 5. The van der Waals surface area contributed by atoms with Crippen molar-refractivity contribution in [3.05, 3.63) is 58.0 Å². The van der Waals surface area contributed by atoms with Crippen LogP contribution in [0, 0.1) is 5.82 Å². The van der Waals surface area contributed by atoms with Crippen molar-refractivity contribution < 1.29 is 14.0 Å². The molecule has 0 bridgehead atoms. The number of hydrogen-bond donors (Lipinski definition) is 0. The van der Waals surface area contributed by atoms with Gasteiger partial charge in [-0.2, -0.15) is 15.2 Å². The monoisotopic (exact) mass is 487 g/mol. The van der Waals surface area contributed by atoms with Gasteiger partial charge in [0.15, 0.2) is 9.54 Å². The van der Waals surface area contributed by atoms with Crippen molar-refractivity contribution in [1.82, 2.24) is 10.0 Å². The second-order valence-electron chi connectivity index (χ2n) is 7.31. The van der Waals surface area contributed by atoms with Crippen LogP contribution in [0.3, 0.4) is 0 Å². The van der Waals surface area contributed by atoms with Gasteiger partial charge >= 0.3 is 0 Å². The number of benzene rings is 1. The van der Waals surface area contributed by atoms with E-state index in [0.717, 1.165) is 16.2 Å². The van der Waals surface area contributed by atoms with Gasteiger partial charge in [-0.1, -0.05) is 30.0 Å². The Labute approximate surface area is 196 Å². The van der Waals surface area contributed by atoms with E-state index in [9.17, 15) is 14.0 Å². The molecule has 2 amide bonds. The second-order valence-corrected chi connectivity index (χ2v) is 10.4. The Morgan fingerprint density at radius 3 is 2.84 bits per heavy atom. The van der Waals surface area contributed by atoms with Gasteiger partial charge in [0.25, 0.3) is 5.91 Å². The fourth-order valence-electron chi connectivity index (χ4n) is 3.59. The van der Waals surface area contributed by atoms with Gasteiger partial charge in [0.1, 0.15) is 5.82 Å². The third-order valence-corrected chi connectivity index (χ3v) is 8.11. The van der Waals surface area contributed by atoms with E-state index in [1.807, 2.05) is 17.5 Å². The maximum absolute atomic E-state index is 13.4. The fourth-order valence-corrected chi connectivity index (χ4v) is 6.16. The predicted molar refractivity (Wildman–Crippen MR) is 127 cm³/mol. The molecule has 1 atom stereocenters. The highest BCUT2D eigenvalue weighted by molar-refractivity contribution is 8.45. The highest BCUT2D eigenvalue weighted by Gasteiger charge is 2.34. The molecule has 5 rings (SSSR count). The average molecular weight is 488 g/mol. The number of fused-ring (bicyclic) bond motifs is 1. The molecule has 32 heavy (non-hydrogen) atoms. The Morgan fingerprint density at radius 2 is 2.06 bits per heavy atom. The first-order valence-electron chi connectivity index (χ1n) is 10.0. The fraction of sp³-hybridized carbons (Fsp3) is 0.286. The number of hydrazone groups is 2. The summed E-state index contributed by atoms with van der Waals surface area (Å²) in [4.78, 5) is 30.0. The molecule has 1 aromatic heterocycles. The van der Waals surface area contributed by atoms with Crippen LogP contribution in [0.2, 0.25) is 0 Å². The maximum Gasteiger partial charge on any atom is 0.253 e. The molecule has 0 unspecified atom stereocenters. The Morgan fingerprint density at radius 1 is 1.22 bits per heavy atom. The zero-order valence-corrected chi connectivity index (χ0v) is 19.3. The minimum atomic E-state index is -0.315. The van der Waals surface area contributed by atoms with Crippen LogP contribution in [0.5, 0.6) is 0 Å². The Bertz CT molecular complexity index is 1130. The molecule has 0 aliphatic carbocycles. The first kappa shape index (κ1) is 21.4. The quantitative estimate of drug-likeness (QED) is 0.643. The van der Waals surface area contributed by atoms with E-state index in [1.165, 1.54) is 40.7 Å². The van der Waals surface area contributed by atoms with Crippen LogP contribution in [0.1, 0.15) is 35.7 Å². The molecular formula is C21H18FN5O2S3. The largest absolute Gasteiger partial charge is 0.273 e. The summed E-state index contributed by atoms with van der Waals surface area (Å²) in [5.41, 5.74) is 1.69. The van der Waals surface area contributed by atoms with Crippen LogP contribution < -0.4 is 0 Å². The topological polar surface area (TPSA) is 77.7 Å². The van der Waals surface area contributed by atoms with Crippen molar-refractivity contribution in [3.8, 4) is 0 Å². The average Bonchev–Trinajstić information content (AvgIpc) is 3.51. The van der Waals surface area contributed by atoms with E-state index in [4.69, 9.17) is 0 Å². The number of carbonyl (C=O) groups is 2. The van der Waals surface area contributed by atoms with Gasteiger partial charge in [-0.25, -0.2) is 14.4 Å². The molecule has 11 heteroatoms. The molecule has 3 aliphatic rings. The van der Waals surface area contributed by atoms with E-state index in [2.05, 4.69) is 15.2 Å². The molecule has 0 fully saturated rings. The van der Waals surface area contributed by atoms with E-state index >= 15 is 0 Å². The second kappa shape index (κ2) is 9.16. The van der Waals surface area contributed by atoms with E-state index in [0.29, 0.717) is 35.4 Å². The van der Waals surface area contributed by atoms with Crippen molar-refractivity contribution in [2.75, 3.05) is 12.3 Å². The zero-order chi connectivity index (χ0) is 22.1. The summed E-state index contributed by atoms with van der Waals surface area (Å²) in [5.74, 6) is -0.453. The van der Waals surface area contributed by atoms with Gasteiger partial charge in [-0.15, -0.1) is 11.3 Å². The molecule has 0 radical (unpaired) electrons. The number of aliphatic imine (C=N–C) groups is 1. The number of thiophene rings is 1. The molecule has 164 valence electrons. The van der Waals surface area contributed by atoms with Crippen molar-refractivity contribution in [2.45, 2.75) is 25.3 Å². The lowest BCUT2D eigenvalue weighted by molar-refractivity contribution is -0.130. The van der Waals surface area contributed by atoms with Gasteiger partial charge in [-0.3, -0.25) is 9.59 Å². The molecule has 0 saturated carbocycles. The lowest BCUT2D eigenvalue weighted by Gasteiger charge is -2.21. The van der Waals surface area contributed by atoms with Gasteiger partial charge < -0.3 is 0 Å². The van der Waals surface area contributed by atoms with Crippen LogP contribution in [0.25, 0.3) is 0 Å². The van der Waals surface area contributed by atoms with E-state index in [1.54, 1.807) is 28.5 Å². The summed E-state index contributed by atoms with van der Waals surface area (Å²) < 4.78 is 14.1. The number of carbonyl (C=O) groups excluding carboxylic acids is 2. The van der Waals surface area contributed by atoms with Gasteiger partial charge in [-0.05, 0) is 47.3 Å². The lowest BCUT2D eigenvalue weighted by atomic mass is 10.0. The van der Waals surface area contributed by atoms with E-state index < -0.39 is 0 Å². The summed E-state index contributed by atoms with van der Waals surface area (Å²) in [5, 5.41) is 14.9. The number of hydrogen-bond acceptors (Lipinski definition) is 8. The molecule has 4 heterocycles. The minimum Gasteiger partial charge on any atom is -0.273 e. The predicted octanol–water partition coefficient (Wildman–Crippen LogP) is 4.29. The third kappa shape index (κ3) is 4.50. The molecule has 7 nitrogen and oxygen atoms in total. The van der Waals surface area contributed by atoms with Crippen molar-refractivity contribution in [2.24, 2.45) is 15.2 Å². The smallest absolute Gasteiger partial charge is 0.253 e. The van der Waals surface area contributed by atoms with Crippen molar-refractivity contribution in [1.29, 1.82) is 0 Å². The molecule has 3 aliphatic heterocycles. The first-order chi connectivity index (χ1) is 15.6. The summed E-state index contributed by atoms with van der Waals surface area (Å²) in [6.45, 7) is 0.642. The van der Waals surface area contributed by atoms with Crippen molar-refractivity contribution in [3.63, 3.8) is 0 Å². The summed E-state index contributed by atoms with van der Waals surface area (Å²) >= 11 is 4.21. The van der Waals surface area contributed by atoms with E-state index in [-0.39, 0.29) is 29.4 Å². The molecule has 0 spiro atoms. The molecular weight excluding hydrogens is 469 g/mol. The summed E-state index contributed by atoms with van der Waals surface area (Å²) in [6, 6.07) is 9.87. The number of rotatable bonds is 4. The molecule has 0 saturated heterocycles. The Hall–Kier alpha value is -2.50. The number of amides is 2. The first-order valence-corrected chi connectivity index (χ1v) is 12.7. The summed E-state index contributed by atoms with van der Waals surface area (Å²) in [6.07, 6.45) is 1.71. The van der Waals surface area contributed by atoms with Crippen LogP contribution >= 0.6 is 34.9 Å². The van der Waals surface area contributed by atoms with Crippen molar-refractivity contribution >= 4 is 61.9 Å².